The summed E-state index contributed by atoms with van der Waals surface area (Å²) in [6, 6.07) is 22.2. The number of hydrogen-bond donors (Lipinski definition) is 3. The molecule has 5 rings (SSSR count). The fraction of sp³-hybridized carbons (Fsp3) is 0.364. The van der Waals surface area contributed by atoms with Crippen LogP contribution in [0.4, 0.5) is 18.9 Å². The summed E-state index contributed by atoms with van der Waals surface area (Å²) in [6.45, 7) is 6.36. The summed E-state index contributed by atoms with van der Waals surface area (Å²) in [4.78, 5) is 2.61. The number of phenolic OH excluding ortho intramolecular Hbond substituents is 1. The van der Waals surface area contributed by atoms with Crippen LogP contribution in [-0.2, 0) is 11.7 Å². The molecule has 0 unspecified atom stereocenters. The number of aromatic hydroxyl groups is 1. The van der Waals surface area contributed by atoms with Crippen molar-refractivity contribution < 1.29 is 18.3 Å². The molecule has 1 aliphatic carbocycles. The van der Waals surface area contributed by atoms with Gasteiger partial charge in [-0.3, -0.25) is 0 Å². The van der Waals surface area contributed by atoms with Crippen LogP contribution in [0.1, 0.15) is 55.2 Å². The lowest BCUT2D eigenvalue weighted by molar-refractivity contribution is -0.138. The minimum absolute atomic E-state index is 0.219. The molecule has 3 N–H and O–H groups in total. The number of likely N-dealkylation sites (tertiary alicyclic amines) is 1. The van der Waals surface area contributed by atoms with Crippen LogP contribution in [0.15, 0.2) is 79.0 Å². The molecular formula is C33H35F3N4O. The van der Waals surface area contributed by atoms with Crippen molar-refractivity contribution in [3.05, 3.63) is 95.7 Å². The van der Waals surface area contributed by atoms with Crippen molar-refractivity contribution in [2.75, 3.05) is 25.0 Å². The van der Waals surface area contributed by atoms with E-state index in [2.05, 4.69) is 52.4 Å². The molecule has 0 amide bonds. The molecule has 0 aromatic heterocycles. The lowest BCUT2D eigenvalue weighted by Gasteiger charge is -2.45. The van der Waals surface area contributed by atoms with Gasteiger partial charge in [0.25, 0.3) is 0 Å². The molecule has 0 bridgehead atoms. The van der Waals surface area contributed by atoms with Crippen LogP contribution in [-0.4, -0.2) is 35.7 Å². The molecule has 0 spiro atoms. The van der Waals surface area contributed by atoms with Crippen molar-refractivity contribution in [2.24, 2.45) is 0 Å². The molecule has 2 aliphatic rings. The first-order valence-corrected chi connectivity index (χ1v) is 14.1. The molecule has 8 heteroatoms. The monoisotopic (exact) mass is 560 g/mol. The van der Waals surface area contributed by atoms with E-state index >= 15 is 0 Å². The number of alkyl halides is 3. The zero-order valence-electron chi connectivity index (χ0n) is 23.0. The molecule has 1 saturated carbocycles. The van der Waals surface area contributed by atoms with Gasteiger partial charge in [0.15, 0.2) is 0 Å². The number of nitriles is 1. The van der Waals surface area contributed by atoms with Crippen LogP contribution < -0.4 is 10.6 Å². The normalized spacial score (nSPS) is 17.7. The molecule has 1 saturated heterocycles. The van der Waals surface area contributed by atoms with Crippen molar-refractivity contribution in [3.8, 4) is 22.9 Å². The number of benzene rings is 3. The molecule has 3 aromatic carbocycles. The van der Waals surface area contributed by atoms with Crippen molar-refractivity contribution >= 4 is 5.69 Å². The van der Waals surface area contributed by atoms with Crippen molar-refractivity contribution in [3.63, 3.8) is 0 Å². The second-order valence-electron chi connectivity index (χ2n) is 11.1. The number of nitrogens with zero attached hydrogens (tertiary/aromatic N) is 2. The average Bonchev–Trinajstić information content (AvgIpc) is 3.52. The topological polar surface area (TPSA) is 71.3 Å². The Hall–Kier alpha value is -3.80. The fourth-order valence-corrected chi connectivity index (χ4v) is 6.22. The van der Waals surface area contributed by atoms with E-state index in [1.54, 1.807) is 6.07 Å². The maximum absolute atomic E-state index is 13.3. The van der Waals surface area contributed by atoms with Gasteiger partial charge in [-0.05, 0) is 72.7 Å². The third-order valence-corrected chi connectivity index (χ3v) is 8.52. The maximum atomic E-state index is 13.3. The molecule has 5 nitrogen and oxygen atoms in total. The highest BCUT2D eigenvalue weighted by Gasteiger charge is 2.38. The van der Waals surface area contributed by atoms with Crippen LogP contribution >= 0.6 is 0 Å². The fourth-order valence-electron chi connectivity index (χ4n) is 6.22. The highest BCUT2D eigenvalue weighted by Crippen LogP contribution is 2.39. The van der Waals surface area contributed by atoms with Gasteiger partial charge in [0.1, 0.15) is 5.75 Å². The number of phenols is 1. The highest BCUT2D eigenvalue weighted by atomic mass is 19.4. The van der Waals surface area contributed by atoms with E-state index in [1.807, 2.05) is 18.2 Å². The molecule has 214 valence electrons. The van der Waals surface area contributed by atoms with Gasteiger partial charge in [0.05, 0.1) is 17.2 Å². The molecular weight excluding hydrogens is 525 g/mol. The Labute approximate surface area is 239 Å². The van der Waals surface area contributed by atoms with Gasteiger partial charge in [0.2, 0.25) is 0 Å². The predicted octanol–water partition coefficient (Wildman–Crippen LogP) is 7.40. The Morgan fingerprint density at radius 3 is 2.37 bits per heavy atom. The van der Waals surface area contributed by atoms with E-state index in [-0.39, 0.29) is 11.2 Å². The van der Waals surface area contributed by atoms with Crippen LogP contribution in [0.5, 0.6) is 5.75 Å². The molecule has 3 aromatic rings. The molecule has 0 radical (unpaired) electrons. The van der Waals surface area contributed by atoms with Gasteiger partial charge in [0, 0.05) is 42.6 Å². The third kappa shape index (κ3) is 6.58. The zero-order chi connectivity index (χ0) is 29.0. The van der Waals surface area contributed by atoms with Crippen LogP contribution in [0.3, 0.4) is 0 Å². The summed E-state index contributed by atoms with van der Waals surface area (Å²) in [7, 11) is 0. The number of halogens is 3. The summed E-state index contributed by atoms with van der Waals surface area (Å²) in [5.74, 6) is -0.803. The van der Waals surface area contributed by atoms with E-state index in [0.717, 1.165) is 54.8 Å². The smallest absolute Gasteiger partial charge is 0.420 e. The molecule has 2 fully saturated rings. The first kappa shape index (κ1) is 28.7. The number of anilines is 1. The largest absolute Gasteiger partial charge is 0.507 e. The van der Waals surface area contributed by atoms with Crippen molar-refractivity contribution in [1.29, 1.82) is 5.26 Å². The number of rotatable bonds is 8. The molecule has 41 heavy (non-hydrogen) atoms. The molecule has 1 aliphatic heterocycles. The van der Waals surface area contributed by atoms with Gasteiger partial charge < -0.3 is 20.6 Å². The zero-order valence-corrected chi connectivity index (χ0v) is 23.0. The standard InChI is InChI=1S/C33H35F3N4O/c1-23(39-28-13-14-31(41)30(20-28)33(34,35)36)22-38-32(15-17-40(18-16-32)29-7-2-3-8-29)27-11-9-25(10-12-27)26-6-4-5-24(19-26)21-37/h4-6,9-14,19-20,29,38-39,41H,1-3,7-8,15-18,22H2. The molecule has 0 atom stereocenters. The predicted molar refractivity (Wildman–Crippen MR) is 155 cm³/mol. The first-order valence-electron chi connectivity index (χ1n) is 14.1. The van der Waals surface area contributed by atoms with E-state index in [4.69, 9.17) is 0 Å². The Kier molecular flexibility index (Phi) is 8.39. The summed E-state index contributed by atoms with van der Waals surface area (Å²) >= 11 is 0. The van der Waals surface area contributed by atoms with Gasteiger partial charge >= 0.3 is 6.18 Å². The minimum Gasteiger partial charge on any atom is -0.507 e. The maximum Gasteiger partial charge on any atom is 0.420 e. The van der Waals surface area contributed by atoms with E-state index < -0.39 is 17.5 Å². The van der Waals surface area contributed by atoms with Gasteiger partial charge in [-0.15, -0.1) is 0 Å². The van der Waals surface area contributed by atoms with Gasteiger partial charge in [-0.1, -0.05) is 55.8 Å². The van der Waals surface area contributed by atoms with Crippen LogP contribution in [0.25, 0.3) is 11.1 Å². The quantitative estimate of drug-likeness (QED) is 0.251. The number of nitrogens with one attached hydrogen (secondary N) is 2. The van der Waals surface area contributed by atoms with Gasteiger partial charge in [-0.2, -0.15) is 18.4 Å². The number of piperidine rings is 1. The van der Waals surface area contributed by atoms with E-state index in [1.165, 1.54) is 31.7 Å². The van der Waals surface area contributed by atoms with Gasteiger partial charge in [-0.25, -0.2) is 0 Å². The SMILES string of the molecule is C=C(CNC1(c2ccc(-c3cccc(C#N)c3)cc2)CCN(C2CCCC2)CC1)Nc1ccc(O)c(C(F)(F)F)c1. The Morgan fingerprint density at radius 1 is 1.00 bits per heavy atom. The summed E-state index contributed by atoms with van der Waals surface area (Å²) in [5, 5.41) is 25.6. The molecule has 1 heterocycles. The Morgan fingerprint density at radius 2 is 1.71 bits per heavy atom. The summed E-state index contributed by atoms with van der Waals surface area (Å²) in [6.07, 6.45) is 2.24. The van der Waals surface area contributed by atoms with Crippen LogP contribution in [0.2, 0.25) is 0 Å². The Bertz CT molecular complexity index is 1410. The lowest BCUT2D eigenvalue weighted by atomic mass is 9.79. The van der Waals surface area contributed by atoms with Crippen molar-refractivity contribution in [2.45, 2.75) is 56.3 Å². The second kappa shape index (κ2) is 12.0. The van der Waals surface area contributed by atoms with Crippen molar-refractivity contribution in [1.82, 2.24) is 10.2 Å². The summed E-state index contributed by atoms with van der Waals surface area (Å²) < 4.78 is 39.8. The number of hydrogen-bond acceptors (Lipinski definition) is 5. The minimum atomic E-state index is -4.65. The third-order valence-electron chi connectivity index (χ3n) is 8.52. The van der Waals surface area contributed by atoms with E-state index in [0.29, 0.717) is 23.8 Å². The highest BCUT2D eigenvalue weighted by molar-refractivity contribution is 5.65. The van der Waals surface area contributed by atoms with E-state index in [9.17, 15) is 23.5 Å². The van der Waals surface area contributed by atoms with Crippen LogP contribution in [0, 0.1) is 11.3 Å². The summed E-state index contributed by atoms with van der Waals surface area (Å²) in [5.41, 5.74) is 3.13. The average molecular weight is 561 g/mol. The lowest BCUT2D eigenvalue weighted by Crippen LogP contribution is -2.53. The second-order valence-corrected chi connectivity index (χ2v) is 11.1. The first-order chi connectivity index (χ1) is 19.7. The Balaban J connectivity index is 1.33.